The summed E-state index contributed by atoms with van der Waals surface area (Å²) in [7, 11) is 3.26. The molecule has 0 unspecified atom stereocenters. The fourth-order valence-electron chi connectivity index (χ4n) is 4.00. The van der Waals surface area contributed by atoms with Crippen molar-refractivity contribution in [2.45, 2.75) is 38.4 Å². The largest absolute Gasteiger partial charge is 0.493 e. The van der Waals surface area contributed by atoms with E-state index in [0.29, 0.717) is 18.0 Å². The first-order valence-electron chi connectivity index (χ1n) is 10.1. The lowest BCUT2D eigenvalue weighted by Gasteiger charge is -2.20. The maximum absolute atomic E-state index is 12.7. The van der Waals surface area contributed by atoms with Gasteiger partial charge in [-0.05, 0) is 66.5 Å². The molecule has 4 nitrogen and oxygen atoms in total. The highest BCUT2D eigenvalue weighted by Gasteiger charge is 2.26. The van der Waals surface area contributed by atoms with Crippen LogP contribution in [0.15, 0.2) is 23.1 Å². The fourth-order valence-corrected chi connectivity index (χ4v) is 6.67. The lowest BCUT2D eigenvalue weighted by molar-refractivity contribution is -0.116. The van der Waals surface area contributed by atoms with E-state index in [1.165, 1.54) is 29.7 Å². The number of hydrogen-bond acceptors (Lipinski definition) is 5. The van der Waals surface area contributed by atoms with Crippen molar-refractivity contribution < 1.29 is 14.3 Å². The molecule has 29 heavy (non-hydrogen) atoms. The van der Waals surface area contributed by atoms with E-state index in [1.54, 1.807) is 36.4 Å². The number of nitrogens with one attached hydrogen (secondary N) is 1. The van der Waals surface area contributed by atoms with Crippen molar-refractivity contribution in [3.8, 4) is 11.5 Å². The summed E-state index contributed by atoms with van der Waals surface area (Å²) in [5.41, 5.74) is 4.15. The number of rotatable bonds is 6. The number of amides is 1. The first-order chi connectivity index (χ1) is 14.1. The number of thioether (sulfide) groups is 1. The van der Waals surface area contributed by atoms with Crippen molar-refractivity contribution in [1.82, 2.24) is 5.32 Å². The van der Waals surface area contributed by atoms with E-state index in [2.05, 4.69) is 18.3 Å². The zero-order valence-electron chi connectivity index (χ0n) is 17.2. The maximum atomic E-state index is 12.7. The Morgan fingerprint density at radius 2 is 2.03 bits per heavy atom. The van der Waals surface area contributed by atoms with E-state index in [1.807, 2.05) is 29.5 Å². The van der Waals surface area contributed by atoms with E-state index in [-0.39, 0.29) is 5.91 Å². The minimum absolute atomic E-state index is 0.0286. The Labute approximate surface area is 180 Å². The summed E-state index contributed by atoms with van der Waals surface area (Å²) in [6, 6.07) is 5.87. The fraction of sp³-hybridized carbons (Fsp3) is 0.435. The average Bonchev–Trinajstić information content (AvgIpc) is 3.09. The van der Waals surface area contributed by atoms with Crippen LogP contribution in [-0.2, 0) is 29.8 Å². The van der Waals surface area contributed by atoms with E-state index in [9.17, 15) is 4.79 Å². The zero-order chi connectivity index (χ0) is 20.4. The summed E-state index contributed by atoms with van der Waals surface area (Å²) in [5, 5.41) is 3.07. The van der Waals surface area contributed by atoms with Gasteiger partial charge in [0.2, 0.25) is 0 Å². The Morgan fingerprint density at radius 1 is 1.21 bits per heavy atom. The molecule has 1 N–H and O–H groups in total. The van der Waals surface area contributed by atoms with Crippen LogP contribution >= 0.6 is 23.1 Å². The molecule has 2 aliphatic rings. The van der Waals surface area contributed by atoms with Gasteiger partial charge < -0.3 is 14.8 Å². The van der Waals surface area contributed by atoms with Crippen molar-refractivity contribution >= 4 is 35.1 Å². The van der Waals surface area contributed by atoms with Crippen molar-refractivity contribution in [2.75, 3.05) is 20.8 Å². The van der Waals surface area contributed by atoms with Crippen LogP contribution in [0.3, 0.4) is 0 Å². The highest BCUT2D eigenvalue weighted by Crippen LogP contribution is 2.43. The highest BCUT2D eigenvalue weighted by atomic mass is 32.2. The van der Waals surface area contributed by atoms with Crippen LogP contribution in [0.4, 0.5) is 0 Å². The van der Waals surface area contributed by atoms with E-state index >= 15 is 0 Å². The summed E-state index contributed by atoms with van der Waals surface area (Å²) >= 11 is 3.56. The molecule has 6 heteroatoms. The Kier molecular flexibility index (Phi) is 6.20. The molecule has 0 saturated heterocycles. The van der Waals surface area contributed by atoms with Crippen molar-refractivity contribution in [1.29, 1.82) is 0 Å². The molecule has 1 aliphatic carbocycles. The van der Waals surface area contributed by atoms with Gasteiger partial charge in [-0.1, -0.05) is 13.0 Å². The molecule has 0 saturated carbocycles. The number of hydrogen-bond donors (Lipinski definition) is 1. The number of ether oxygens (including phenoxy) is 2. The van der Waals surface area contributed by atoms with Gasteiger partial charge in [-0.25, -0.2) is 0 Å². The molecule has 1 atom stereocenters. The number of thiophene rings is 1. The van der Waals surface area contributed by atoms with Crippen molar-refractivity contribution in [3.63, 3.8) is 0 Å². The minimum Gasteiger partial charge on any atom is -0.493 e. The summed E-state index contributed by atoms with van der Waals surface area (Å²) in [4.78, 5) is 16.3. The molecule has 0 spiro atoms. The molecule has 0 radical (unpaired) electrons. The second kappa shape index (κ2) is 8.84. The summed E-state index contributed by atoms with van der Waals surface area (Å²) in [6.07, 6.45) is 6.53. The molecular formula is C23H27NO3S2. The molecule has 1 aliphatic heterocycles. The smallest absolute Gasteiger partial charge is 0.257 e. The van der Waals surface area contributed by atoms with Crippen LogP contribution in [0.1, 0.15) is 39.8 Å². The SMILES string of the molecule is COc1ccc(CCNC(=O)C2=Cc3sc4c(c3CS2)CC[C@@H](C)C4)cc1OC. The maximum Gasteiger partial charge on any atom is 0.257 e. The lowest BCUT2D eigenvalue weighted by Crippen LogP contribution is -2.26. The Hall–Kier alpha value is -1.92. The van der Waals surface area contributed by atoms with E-state index in [0.717, 1.165) is 28.6 Å². The number of fused-ring (bicyclic) bond motifs is 3. The highest BCUT2D eigenvalue weighted by molar-refractivity contribution is 8.03. The molecule has 1 aromatic heterocycles. The molecule has 1 amide bonds. The van der Waals surface area contributed by atoms with Crippen LogP contribution in [-0.4, -0.2) is 26.7 Å². The van der Waals surface area contributed by atoms with E-state index in [4.69, 9.17) is 9.47 Å². The molecular weight excluding hydrogens is 402 g/mol. The first-order valence-corrected chi connectivity index (χ1v) is 11.9. The summed E-state index contributed by atoms with van der Waals surface area (Å²) < 4.78 is 10.6. The minimum atomic E-state index is 0.0286. The van der Waals surface area contributed by atoms with Gasteiger partial charge in [0.1, 0.15) is 0 Å². The molecule has 4 rings (SSSR count). The predicted molar refractivity (Wildman–Crippen MR) is 121 cm³/mol. The van der Waals surface area contributed by atoms with Crippen LogP contribution in [0.2, 0.25) is 0 Å². The van der Waals surface area contributed by atoms with Gasteiger partial charge in [0, 0.05) is 22.1 Å². The molecule has 154 valence electrons. The molecule has 2 heterocycles. The molecule has 0 bridgehead atoms. The summed E-state index contributed by atoms with van der Waals surface area (Å²) in [5.74, 6) is 3.16. The second-order valence-electron chi connectivity index (χ2n) is 7.69. The van der Waals surface area contributed by atoms with Crippen LogP contribution < -0.4 is 14.8 Å². The van der Waals surface area contributed by atoms with Gasteiger partial charge in [-0.3, -0.25) is 4.79 Å². The normalized spacial score (nSPS) is 17.8. The lowest BCUT2D eigenvalue weighted by atomic mass is 9.88. The third-order valence-electron chi connectivity index (χ3n) is 5.66. The predicted octanol–water partition coefficient (Wildman–Crippen LogP) is 4.84. The number of methoxy groups -OCH3 is 2. The standard InChI is InChI=1S/C23H27NO3S2/c1-14-4-6-16-17-13-28-22(12-21(17)29-20(16)10-14)23(25)24-9-8-15-5-7-18(26-2)19(11-15)27-3/h5,7,11-12,14H,4,6,8-10,13H2,1-3H3,(H,24,25)/t14-/m1/s1. The second-order valence-corrected chi connectivity index (χ2v) is 9.84. The van der Waals surface area contributed by atoms with Crippen molar-refractivity contribution in [3.05, 3.63) is 49.5 Å². The van der Waals surface area contributed by atoms with Gasteiger partial charge in [0.15, 0.2) is 11.5 Å². The zero-order valence-corrected chi connectivity index (χ0v) is 18.8. The quantitative estimate of drug-likeness (QED) is 0.714. The summed E-state index contributed by atoms with van der Waals surface area (Å²) in [6.45, 7) is 2.93. The topological polar surface area (TPSA) is 47.6 Å². The first kappa shape index (κ1) is 20.4. The van der Waals surface area contributed by atoms with Crippen molar-refractivity contribution in [2.24, 2.45) is 5.92 Å². The van der Waals surface area contributed by atoms with Crippen LogP contribution in [0, 0.1) is 5.92 Å². The number of carbonyl (C=O) groups excluding carboxylic acids is 1. The Bertz CT molecular complexity index is 948. The Balaban J connectivity index is 1.38. The van der Waals surface area contributed by atoms with Gasteiger partial charge in [-0.15, -0.1) is 23.1 Å². The monoisotopic (exact) mass is 429 g/mol. The number of benzene rings is 1. The third-order valence-corrected chi connectivity index (χ3v) is 7.95. The molecule has 1 aromatic carbocycles. The number of carbonyl (C=O) groups is 1. The van der Waals surface area contributed by atoms with Gasteiger partial charge in [-0.2, -0.15) is 0 Å². The molecule has 0 fully saturated rings. The van der Waals surface area contributed by atoms with Crippen LogP contribution in [0.25, 0.3) is 6.08 Å². The Morgan fingerprint density at radius 3 is 2.83 bits per heavy atom. The third kappa shape index (κ3) is 4.33. The van der Waals surface area contributed by atoms with Gasteiger partial charge in [0.25, 0.3) is 5.91 Å². The molecule has 2 aromatic rings. The van der Waals surface area contributed by atoms with Gasteiger partial charge >= 0.3 is 0 Å². The van der Waals surface area contributed by atoms with Crippen LogP contribution in [0.5, 0.6) is 11.5 Å². The van der Waals surface area contributed by atoms with Gasteiger partial charge in [0.05, 0.1) is 19.1 Å². The van der Waals surface area contributed by atoms with E-state index < -0.39 is 0 Å². The average molecular weight is 430 g/mol.